The van der Waals surface area contributed by atoms with E-state index in [1.54, 1.807) is 0 Å². The average molecular weight is 269 g/mol. The Morgan fingerprint density at radius 2 is 1.79 bits per heavy atom. The van der Waals surface area contributed by atoms with Crippen LogP contribution in [-0.4, -0.2) is 37.1 Å². The van der Waals surface area contributed by atoms with Crippen molar-refractivity contribution in [2.45, 2.75) is 77.2 Å². The monoisotopic (exact) mass is 269 g/mol. The van der Waals surface area contributed by atoms with Crippen LogP contribution < -0.4 is 0 Å². The van der Waals surface area contributed by atoms with Crippen molar-refractivity contribution in [2.75, 3.05) is 20.2 Å². The fraction of sp³-hybridized carbons (Fsp3) is 0.938. The van der Waals surface area contributed by atoms with E-state index in [1.807, 2.05) is 0 Å². The Balaban J connectivity index is 2.13. The van der Waals surface area contributed by atoms with Crippen LogP contribution >= 0.6 is 0 Å². The Labute approximate surface area is 118 Å². The van der Waals surface area contributed by atoms with Gasteiger partial charge in [-0.15, -0.1) is 0 Å². The summed E-state index contributed by atoms with van der Waals surface area (Å²) in [7, 11) is 1.50. The number of rotatable bonds is 9. The van der Waals surface area contributed by atoms with Crippen molar-refractivity contribution < 1.29 is 9.53 Å². The lowest BCUT2D eigenvalue weighted by molar-refractivity contribution is -0.148. The van der Waals surface area contributed by atoms with Crippen molar-refractivity contribution in [1.29, 1.82) is 0 Å². The molecular formula is C16H31NO2. The number of hydrogen-bond acceptors (Lipinski definition) is 3. The molecule has 0 unspecified atom stereocenters. The molecule has 0 amide bonds. The first-order valence-electron chi connectivity index (χ1n) is 8.11. The van der Waals surface area contributed by atoms with Gasteiger partial charge in [-0.2, -0.15) is 0 Å². The predicted molar refractivity (Wildman–Crippen MR) is 79.2 cm³/mol. The van der Waals surface area contributed by atoms with Gasteiger partial charge in [0.2, 0.25) is 0 Å². The molecule has 1 fully saturated rings. The minimum absolute atomic E-state index is 0.0267. The van der Waals surface area contributed by atoms with E-state index in [4.69, 9.17) is 4.74 Å². The van der Waals surface area contributed by atoms with E-state index < -0.39 is 0 Å². The van der Waals surface area contributed by atoms with Crippen LogP contribution in [0.25, 0.3) is 0 Å². The number of unbranched alkanes of at least 4 members (excludes halogenated alkanes) is 6. The van der Waals surface area contributed by atoms with Crippen LogP contribution in [0.4, 0.5) is 0 Å². The van der Waals surface area contributed by atoms with Crippen LogP contribution in [0.15, 0.2) is 0 Å². The van der Waals surface area contributed by atoms with E-state index in [0.717, 1.165) is 25.9 Å². The molecule has 3 nitrogen and oxygen atoms in total. The lowest BCUT2D eigenvalue weighted by Gasteiger charge is -2.33. The third-order valence-corrected chi connectivity index (χ3v) is 4.14. The average Bonchev–Trinajstić information content (AvgIpc) is 2.46. The molecule has 0 aromatic rings. The highest BCUT2D eigenvalue weighted by molar-refractivity contribution is 5.75. The number of likely N-dealkylation sites (tertiary alicyclic amines) is 1. The van der Waals surface area contributed by atoms with Gasteiger partial charge < -0.3 is 4.74 Å². The van der Waals surface area contributed by atoms with Gasteiger partial charge in [0.15, 0.2) is 0 Å². The first-order chi connectivity index (χ1) is 9.29. The summed E-state index contributed by atoms with van der Waals surface area (Å²) in [4.78, 5) is 14.1. The molecule has 0 aromatic heterocycles. The third-order valence-electron chi connectivity index (χ3n) is 4.14. The highest BCUT2D eigenvalue weighted by atomic mass is 16.5. The zero-order valence-electron chi connectivity index (χ0n) is 12.8. The van der Waals surface area contributed by atoms with Gasteiger partial charge >= 0.3 is 5.97 Å². The summed E-state index contributed by atoms with van der Waals surface area (Å²) in [6.07, 6.45) is 12.7. The van der Waals surface area contributed by atoms with Gasteiger partial charge in [0, 0.05) is 0 Å². The molecule has 1 heterocycles. The molecule has 1 aliphatic rings. The Morgan fingerprint density at radius 1 is 1.11 bits per heavy atom. The number of ether oxygens (including phenoxy) is 1. The van der Waals surface area contributed by atoms with Gasteiger partial charge in [0.1, 0.15) is 6.04 Å². The molecule has 1 rings (SSSR count). The summed E-state index contributed by atoms with van der Waals surface area (Å²) in [5.41, 5.74) is 0. The second-order valence-corrected chi connectivity index (χ2v) is 5.69. The molecule has 1 atom stereocenters. The maximum absolute atomic E-state index is 11.7. The molecule has 3 heteroatoms. The Kier molecular flexibility index (Phi) is 8.89. The summed E-state index contributed by atoms with van der Waals surface area (Å²) in [5.74, 6) is -0.0392. The lowest BCUT2D eigenvalue weighted by Crippen LogP contribution is -2.45. The van der Waals surface area contributed by atoms with Crippen molar-refractivity contribution in [3.05, 3.63) is 0 Å². The van der Waals surface area contributed by atoms with Crippen LogP contribution in [0, 0.1) is 0 Å². The van der Waals surface area contributed by atoms with Crippen molar-refractivity contribution in [2.24, 2.45) is 0 Å². The summed E-state index contributed by atoms with van der Waals surface area (Å²) >= 11 is 0. The zero-order chi connectivity index (χ0) is 13.9. The Morgan fingerprint density at radius 3 is 2.47 bits per heavy atom. The van der Waals surface area contributed by atoms with E-state index in [2.05, 4.69) is 11.8 Å². The normalized spacial score (nSPS) is 20.4. The number of methoxy groups -OCH3 is 1. The second-order valence-electron chi connectivity index (χ2n) is 5.69. The van der Waals surface area contributed by atoms with Gasteiger partial charge in [0.25, 0.3) is 0 Å². The topological polar surface area (TPSA) is 29.5 Å². The van der Waals surface area contributed by atoms with Gasteiger partial charge in [-0.3, -0.25) is 9.69 Å². The van der Waals surface area contributed by atoms with Crippen LogP contribution in [0.2, 0.25) is 0 Å². The number of piperidine rings is 1. The van der Waals surface area contributed by atoms with E-state index in [-0.39, 0.29) is 12.0 Å². The van der Waals surface area contributed by atoms with E-state index >= 15 is 0 Å². The maximum atomic E-state index is 11.7. The van der Waals surface area contributed by atoms with Crippen LogP contribution in [-0.2, 0) is 9.53 Å². The molecule has 0 saturated carbocycles. The van der Waals surface area contributed by atoms with E-state index in [9.17, 15) is 4.79 Å². The molecule has 0 spiro atoms. The smallest absolute Gasteiger partial charge is 0.323 e. The van der Waals surface area contributed by atoms with E-state index in [1.165, 1.54) is 58.5 Å². The largest absolute Gasteiger partial charge is 0.468 e. The van der Waals surface area contributed by atoms with Crippen molar-refractivity contribution in [3.8, 4) is 0 Å². The van der Waals surface area contributed by atoms with Crippen LogP contribution in [0.1, 0.15) is 71.1 Å². The van der Waals surface area contributed by atoms with Gasteiger partial charge in [-0.25, -0.2) is 0 Å². The molecule has 19 heavy (non-hydrogen) atoms. The van der Waals surface area contributed by atoms with Crippen molar-refractivity contribution in [1.82, 2.24) is 4.90 Å². The van der Waals surface area contributed by atoms with E-state index in [0.29, 0.717) is 0 Å². The quantitative estimate of drug-likeness (QED) is 0.471. The highest BCUT2D eigenvalue weighted by Gasteiger charge is 2.28. The summed E-state index contributed by atoms with van der Waals surface area (Å²) in [5, 5.41) is 0. The van der Waals surface area contributed by atoms with Crippen molar-refractivity contribution >= 4 is 5.97 Å². The fourth-order valence-corrected chi connectivity index (χ4v) is 2.93. The Hall–Kier alpha value is -0.570. The number of carbonyl (C=O) groups is 1. The third kappa shape index (κ3) is 6.42. The summed E-state index contributed by atoms with van der Waals surface area (Å²) in [6.45, 7) is 4.38. The molecule has 0 radical (unpaired) electrons. The molecule has 112 valence electrons. The molecule has 0 N–H and O–H groups in total. The maximum Gasteiger partial charge on any atom is 0.323 e. The number of esters is 1. The molecule has 0 aliphatic carbocycles. The molecular weight excluding hydrogens is 238 g/mol. The predicted octanol–water partition coefficient (Wildman–Crippen LogP) is 3.76. The van der Waals surface area contributed by atoms with Crippen LogP contribution in [0.3, 0.4) is 0 Å². The van der Waals surface area contributed by atoms with Crippen molar-refractivity contribution in [3.63, 3.8) is 0 Å². The first kappa shape index (κ1) is 16.5. The van der Waals surface area contributed by atoms with Gasteiger partial charge in [-0.1, -0.05) is 51.9 Å². The van der Waals surface area contributed by atoms with Gasteiger partial charge in [-0.05, 0) is 32.4 Å². The minimum atomic E-state index is -0.0392. The zero-order valence-corrected chi connectivity index (χ0v) is 12.8. The standard InChI is InChI=1S/C16H31NO2/c1-3-4-5-6-7-8-10-13-17-14-11-9-12-15(17)16(18)19-2/h15H,3-14H2,1-2H3/t15-/m1/s1. The first-order valence-corrected chi connectivity index (χ1v) is 8.11. The number of hydrogen-bond donors (Lipinski definition) is 0. The molecule has 1 aliphatic heterocycles. The van der Waals surface area contributed by atoms with Crippen LogP contribution in [0.5, 0.6) is 0 Å². The molecule has 0 aromatic carbocycles. The molecule has 0 bridgehead atoms. The number of nitrogens with zero attached hydrogens (tertiary/aromatic N) is 1. The Bertz CT molecular complexity index is 243. The second kappa shape index (κ2) is 10.2. The number of carbonyl (C=O) groups excluding carboxylic acids is 1. The fourth-order valence-electron chi connectivity index (χ4n) is 2.93. The SMILES string of the molecule is CCCCCCCCCN1CCCC[C@@H]1C(=O)OC. The minimum Gasteiger partial charge on any atom is -0.468 e. The summed E-state index contributed by atoms with van der Waals surface area (Å²) in [6, 6.07) is 0.0267. The highest BCUT2D eigenvalue weighted by Crippen LogP contribution is 2.19. The summed E-state index contributed by atoms with van der Waals surface area (Å²) < 4.78 is 4.91. The lowest BCUT2D eigenvalue weighted by atomic mass is 10.0. The molecule has 1 saturated heterocycles. The van der Waals surface area contributed by atoms with Gasteiger partial charge in [0.05, 0.1) is 7.11 Å².